The van der Waals surface area contributed by atoms with Crippen LogP contribution in [-0.2, 0) is 4.57 Å². The van der Waals surface area contributed by atoms with Crippen LogP contribution in [0.15, 0.2) is 0 Å². The van der Waals surface area contributed by atoms with Crippen molar-refractivity contribution in [1.29, 1.82) is 0 Å². The topological polar surface area (TPSA) is 17.1 Å². The molecule has 0 aromatic heterocycles. The van der Waals surface area contributed by atoms with Crippen LogP contribution in [0, 0.1) is 0 Å². The summed E-state index contributed by atoms with van der Waals surface area (Å²) in [6, 6.07) is 0. The van der Waals surface area contributed by atoms with Gasteiger partial charge in [0.2, 0.25) is 0 Å². The first kappa shape index (κ1) is 30.1. The minimum absolute atomic E-state index is 0. The third-order valence-electron chi connectivity index (χ3n) is 0. The summed E-state index contributed by atoms with van der Waals surface area (Å²) < 4.78 is 7.94. The zero-order valence-electron chi connectivity index (χ0n) is 2.08. The van der Waals surface area contributed by atoms with Crippen LogP contribution in [0.2, 0.25) is 0 Å². The third-order valence-corrected chi connectivity index (χ3v) is 0. The van der Waals surface area contributed by atoms with Crippen LogP contribution in [0.3, 0.4) is 0 Å². The van der Waals surface area contributed by atoms with Gasteiger partial charge in [0.05, 0.1) is 0 Å². The van der Waals surface area contributed by atoms with Gasteiger partial charge >= 0.3 is 13.7 Å². The quantitative estimate of drug-likeness (QED) is 0.626. The van der Waals surface area contributed by atoms with Crippen LogP contribution in [0.1, 0.15) is 0 Å². The summed E-state index contributed by atoms with van der Waals surface area (Å²) in [6.45, 7) is 0. The second-order valence-corrected chi connectivity index (χ2v) is 0. The predicted molar refractivity (Wildman–Crippen MR) is 38.6 cm³/mol. The standard InChI is InChI=1S/3BrH.OP/c;;;1-2/h3*1H;/q;;;+2. The molecule has 0 unspecified atom stereocenters. The Kier molecular flexibility index (Phi) is 267. The molecule has 0 atom stereocenters. The fourth-order valence-electron chi connectivity index (χ4n) is 0. The molecule has 0 aliphatic carbocycles. The van der Waals surface area contributed by atoms with Gasteiger partial charge in [-0.05, 0) is 0 Å². The summed E-state index contributed by atoms with van der Waals surface area (Å²) in [6.07, 6.45) is 0. The second-order valence-electron chi connectivity index (χ2n) is 0. The zero-order valence-corrected chi connectivity index (χ0v) is 8.11. The van der Waals surface area contributed by atoms with E-state index in [9.17, 15) is 0 Å². The molecule has 0 N–H and O–H groups in total. The van der Waals surface area contributed by atoms with Crippen molar-refractivity contribution in [2.45, 2.75) is 0 Å². The van der Waals surface area contributed by atoms with Gasteiger partial charge in [-0.2, -0.15) is 0 Å². The molecular weight excluding hydrogens is 287 g/mol. The van der Waals surface area contributed by atoms with Gasteiger partial charge in [-0.15, -0.1) is 50.9 Å². The van der Waals surface area contributed by atoms with Crippen molar-refractivity contribution in [2.75, 3.05) is 0 Å². The maximum absolute atomic E-state index is 7.94. The molecule has 0 aromatic rings. The number of hydrogen-bond donors (Lipinski definition) is 0. The van der Waals surface area contributed by atoms with Crippen LogP contribution in [-0.4, -0.2) is 0 Å². The monoisotopic (exact) mass is 287 g/mol. The molecule has 0 bridgehead atoms. The Morgan fingerprint density at radius 1 is 0.800 bits per heavy atom. The van der Waals surface area contributed by atoms with Crippen LogP contribution in [0.5, 0.6) is 0 Å². The van der Waals surface area contributed by atoms with Gasteiger partial charge in [-0.3, -0.25) is 0 Å². The van der Waals surface area contributed by atoms with E-state index in [-0.39, 0.29) is 50.9 Å². The molecule has 1 radical (unpaired) electrons. The summed E-state index contributed by atoms with van der Waals surface area (Å²) in [5.41, 5.74) is 0. The van der Waals surface area contributed by atoms with E-state index in [0.717, 1.165) is 0 Å². The molecule has 0 aliphatic rings. The van der Waals surface area contributed by atoms with Gasteiger partial charge < -0.3 is 0 Å². The van der Waals surface area contributed by atoms with Crippen molar-refractivity contribution >= 4 is 60.1 Å². The Balaban J connectivity index is -0.00000000167. The van der Waals surface area contributed by atoms with Crippen molar-refractivity contribution in [3.05, 3.63) is 0 Å². The van der Waals surface area contributed by atoms with E-state index >= 15 is 0 Å². The van der Waals surface area contributed by atoms with E-state index in [2.05, 4.69) is 9.12 Å². The zero-order chi connectivity index (χ0) is 2.00. The van der Waals surface area contributed by atoms with Crippen LogP contribution in [0.25, 0.3) is 0 Å². The van der Waals surface area contributed by atoms with E-state index in [0.29, 0.717) is 0 Å². The van der Waals surface area contributed by atoms with E-state index < -0.39 is 0 Å². The molecule has 5 heavy (non-hydrogen) atoms. The summed E-state index contributed by atoms with van der Waals surface area (Å²) in [5, 5.41) is 0. The third kappa shape index (κ3) is 27.4. The Labute approximate surface area is 64.4 Å². The van der Waals surface area contributed by atoms with Crippen molar-refractivity contribution in [1.82, 2.24) is 0 Å². The molecule has 0 aromatic carbocycles. The van der Waals surface area contributed by atoms with Gasteiger partial charge in [0.15, 0.2) is 0 Å². The summed E-state index contributed by atoms with van der Waals surface area (Å²) in [4.78, 5) is 0. The Bertz CT molecular complexity index is 6.85. The Hall–Kier alpha value is 1.67. The predicted octanol–water partition coefficient (Wildman–Crippen LogP) is 2.48. The molecule has 5 heteroatoms. The summed E-state index contributed by atoms with van der Waals surface area (Å²) in [7, 11) is 2.28. The van der Waals surface area contributed by atoms with Gasteiger partial charge in [-0.1, -0.05) is 0 Å². The van der Waals surface area contributed by atoms with Gasteiger partial charge in [0.1, 0.15) is 0 Å². The molecule has 0 amide bonds. The van der Waals surface area contributed by atoms with E-state index in [4.69, 9.17) is 4.57 Å². The van der Waals surface area contributed by atoms with Crippen molar-refractivity contribution in [2.24, 2.45) is 0 Å². The molecule has 0 heterocycles. The molecule has 33 valence electrons. The molecule has 0 spiro atoms. The van der Waals surface area contributed by atoms with Crippen molar-refractivity contribution in [3.8, 4) is 0 Å². The Morgan fingerprint density at radius 2 is 0.800 bits per heavy atom. The average Bonchev–Trinajstić information content (AvgIpc) is 1.00. The van der Waals surface area contributed by atoms with Gasteiger partial charge in [0, 0.05) is 0 Å². The van der Waals surface area contributed by atoms with Crippen LogP contribution in [0.4, 0.5) is 0 Å². The fraction of sp³-hybridized carbons (Fsp3) is 0. The number of halogens is 3. The summed E-state index contributed by atoms with van der Waals surface area (Å²) in [5.74, 6) is 0. The molecule has 0 saturated heterocycles. The number of rotatable bonds is 0. The second kappa shape index (κ2) is 44.3. The summed E-state index contributed by atoms with van der Waals surface area (Å²) >= 11 is 0. The normalized spacial score (nSPS) is 0.600. The number of hydrogen-bond acceptors (Lipinski definition) is 1. The average molecular weight is 290 g/mol. The molecule has 0 aliphatic heterocycles. The molecule has 0 rings (SSSR count). The van der Waals surface area contributed by atoms with Gasteiger partial charge in [0.25, 0.3) is 0 Å². The van der Waals surface area contributed by atoms with Crippen molar-refractivity contribution < 1.29 is 4.57 Å². The van der Waals surface area contributed by atoms with Crippen LogP contribution < -0.4 is 0 Å². The van der Waals surface area contributed by atoms with Crippen LogP contribution >= 0.6 is 60.1 Å². The molecule has 0 fully saturated rings. The maximum atomic E-state index is 7.94. The first-order valence-electron chi connectivity index (χ1n) is 0.183. The van der Waals surface area contributed by atoms with E-state index in [1.165, 1.54) is 0 Å². The minimum atomic E-state index is 0. The van der Waals surface area contributed by atoms with E-state index in [1.54, 1.807) is 0 Å². The Morgan fingerprint density at radius 3 is 0.800 bits per heavy atom. The first-order chi connectivity index (χ1) is 1.00. The van der Waals surface area contributed by atoms with E-state index in [1.807, 2.05) is 0 Å². The molecule has 1 nitrogen and oxygen atoms in total. The van der Waals surface area contributed by atoms with Gasteiger partial charge in [-0.25, -0.2) is 0 Å². The first-order valence-corrected chi connectivity index (χ1v) is 0.548. The fourth-order valence-corrected chi connectivity index (χ4v) is 0. The van der Waals surface area contributed by atoms with Crippen molar-refractivity contribution in [3.63, 3.8) is 0 Å². The molecular formula is H3Br3OP+2. The molecule has 0 saturated carbocycles. The SMILES string of the molecule is Br.Br.Br.O=[P+2].